The molecular weight excluding hydrogens is 324 g/mol. The second-order valence-corrected chi connectivity index (χ2v) is 7.05. The fourth-order valence-electron chi connectivity index (χ4n) is 3.81. The second kappa shape index (κ2) is 9.06. The Bertz CT molecular complexity index is 668. The zero-order valence-electron chi connectivity index (χ0n) is 16.1. The maximum absolute atomic E-state index is 5.50. The number of ether oxygens (including phenoxy) is 2. The standard InChI is InChI=1S/C22H30N2O2/c1-17-14-19(12-13-24(17)16-18-8-5-4-6-9-18)23-15-20-21(25-2)10-7-11-22(20)26-3/h4-11,17,19,23H,12-16H2,1-3H3/t17-,19+/m0/s1. The van der Waals surface area contributed by atoms with Gasteiger partial charge in [0.2, 0.25) is 0 Å². The first kappa shape index (κ1) is 18.7. The van der Waals surface area contributed by atoms with E-state index in [-0.39, 0.29) is 0 Å². The van der Waals surface area contributed by atoms with Crippen LogP contribution in [0.1, 0.15) is 30.9 Å². The van der Waals surface area contributed by atoms with E-state index < -0.39 is 0 Å². The predicted molar refractivity (Wildman–Crippen MR) is 106 cm³/mol. The summed E-state index contributed by atoms with van der Waals surface area (Å²) in [5.41, 5.74) is 2.49. The molecule has 0 aromatic heterocycles. The van der Waals surface area contributed by atoms with Crippen molar-refractivity contribution in [2.75, 3.05) is 20.8 Å². The zero-order chi connectivity index (χ0) is 18.4. The number of likely N-dealkylation sites (tertiary alicyclic amines) is 1. The van der Waals surface area contributed by atoms with Crippen LogP contribution in [0.5, 0.6) is 11.5 Å². The van der Waals surface area contributed by atoms with Gasteiger partial charge in [-0.2, -0.15) is 0 Å². The quantitative estimate of drug-likeness (QED) is 0.819. The van der Waals surface area contributed by atoms with Gasteiger partial charge in [-0.05, 0) is 37.5 Å². The highest BCUT2D eigenvalue weighted by Gasteiger charge is 2.25. The van der Waals surface area contributed by atoms with Gasteiger partial charge in [0.25, 0.3) is 0 Å². The van der Waals surface area contributed by atoms with Crippen LogP contribution in [0.4, 0.5) is 0 Å². The van der Waals surface area contributed by atoms with Gasteiger partial charge in [-0.1, -0.05) is 36.4 Å². The average Bonchev–Trinajstić information content (AvgIpc) is 2.68. The molecule has 1 fully saturated rings. The molecule has 2 aromatic carbocycles. The molecule has 0 bridgehead atoms. The van der Waals surface area contributed by atoms with E-state index in [1.165, 1.54) is 5.56 Å². The maximum Gasteiger partial charge on any atom is 0.127 e. The van der Waals surface area contributed by atoms with Gasteiger partial charge in [-0.3, -0.25) is 4.90 Å². The van der Waals surface area contributed by atoms with Crippen LogP contribution in [0.15, 0.2) is 48.5 Å². The van der Waals surface area contributed by atoms with E-state index in [2.05, 4.69) is 47.5 Å². The summed E-state index contributed by atoms with van der Waals surface area (Å²) in [6, 6.07) is 17.8. The zero-order valence-corrected chi connectivity index (χ0v) is 16.1. The number of benzene rings is 2. The highest BCUT2D eigenvalue weighted by molar-refractivity contribution is 5.44. The molecule has 26 heavy (non-hydrogen) atoms. The van der Waals surface area contributed by atoms with Crippen LogP contribution < -0.4 is 14.8 Å². The van der Waals surface area contributed by atoms with E-state index in [9.17, 15) is 0 Å². The number of rotatable bonds is 7. The van der Waals surface area contributed by atoms with E-state index in [4.69, 9.17) is 9.47 Å². The molecule has 1 aliphatic rings. The molecule has 1 N–H and O–H groups in total. The molecule has 140 valence electrons. The number of nitrogens with zero attached hydrogens (tertiary/aromatic N) is 1. The minimum atomic E-state index is 0.520. The Labute approximate surface area is 157 Å². The van der Waals surface area contributed by atoms with Crippen LogP contribution in [0.3, 0.4) is 0 Å². The maximum atomic E-state index is 5.50. The van der Waals surface area contributed by atoms with Crippen molar-refractivity contribution in [1.82, 2.24) is 10.2 Å². The van der Waals surface area contributed by atoms with Gasteiger partial charge in [-0.15, -0.1) is 0 Å². The predicted octanol–water partition coefficient (Wildman–Crippen LogP) is 3.85. The monoisotopic (exact) mass is 354 g/mol. The van der Waals surface area contributed by atoms with Crippen LogP contribution in [0, 0.1) is 0 Å². The SMILES string of the molecule is COc1cccc(OC)c1CN[C@@H]1CCN(Cc2ccccc2)[C@@H](C)C1. The molecule has 2 aromatic rings. The van der Waals surface area contributed by atoms with Crippen molar-refractivity contribution in [3.63, 3.8) is 0 Å². The van der Waals surface area contributed by atoms with E-state index in [1.807, 2.05) is 18.2 Å². The normalized spacial score (nSPS) is 20.7. The van der Waals surface area contributed by atoms with Crippen molar-refractivity contribution in [2.24, 2.45) is 0 Å². The van der Waals surface area contributed by atoms with Crippen LogP contribution in [0.25, 0.3) is 0 Å². The summed E-state index contributed by atoms with van der Waals surface area (Å²) >= 11 is 0. The first-order chi connectivity index (χ1) is 12.7. The second-order valence-electron chi connectivity index (χ2n) is 7.05. The first-order valence-corrected chi connectivity index (χ1v) is 9.42. The van der Waals surface area contributed by atoms with Gasteiger partial charge >= 0.3 is 0 Å². The van der Waals surface area contributed by atoms with Gasteiger partial charge in [0, 0.05) is 37.3 Å². The molecule has 2 atom stereocenters. The van der Waals surface area contributed by atoms with Gasteiger partial charge in [0.1, 0.15) is 11.5 Å². The third-order valence-electron chi connectivity index (χ3n) is 5.34. The summed E-state index contributed by atoms with van der Waals surface area (Å²) in [7, 11) is 3.42. The van der Waals surface area contributed by atoms with E-state index >= 15 is 0 Å². The molecule has 1 heterocycles. The molecule has 0 aliphatic carbocycles. The van der Waals surface area contributed by atoms with Gasteiger partial charge < -0.3 is 14.8 Å². The lowest BCUT2D eigenvalue weighted by atomic mass is 9.97. The largest absolute Gasteiger partial charge is 0.496 e. The molecular formula is C22H30N2O2. The van der Waals surface area contributed by atoms with Crippen molar-refractivity contribution in [3.05, 3.63) is 59.7 Å². The third kappa shape index (κ3) is 4.57. The lowest BCUT2D eigenvalue weighted by molar-refractivity contribution is 0.128. The van der Waals surface area contributed by atoms with Gasteiger partial charge in [0.05, 0.1) is 14.2 Å². The van der Waals surface area contributed by atoms with Crippen molar-refractivity contribution >= 4 is 0 Å². The van der Waals surface area contributed by atoms with E-state index in [0.717, 1.165) is 49.5 Å². The molecule has 0 saturated carbocycles. The molecule has 3 rings (SSSR count). The lowest BCUT2D eigenvalue weighted by Gasteiger charge is -2.38. The fourth-order valence-corrected chi connectivity index (χ4v) is 3.81. The summed E-state index contributed by atoms with van der Waals surface area (Å²) in [5.74, 6) is 1.76. The van der Waals surface area contributed by atoms with E-state index in [1.54, 1.807) is 14.2 Å². The number of nitrogens with one attached hydrogen (secondary N) is 1. The number of hydrogen-bond acceptors (Lipinski definition) is 4. The minimum absolute atomic E-state index is 0.520. The van der Waals surface area contributed by atoms with Crippen molar-refractivity contribution in [2.45, 2.75) is 44.9 Å². The summed E-state index contributed by atoms with van der Waals surface area (Å²) in [6.07, 6.45) is 2.32. The van der Waals surface area contributed by atoms with Crippen LogP contribution >= 0.6 is 0 Å². The summed E-state index contributed by atoms with van der Waals surface area (Å²) in [6.45, 7) is 5.26. The number of piperidine rings is 1. The van der Waals surface area contributed by atoms with Gasteiger partial charge in [-0.25, -0.2) is 0 Å². The highest BCUT2D eigenvalue weighted by atomic mass is 16.5. The Balaban J connectivity index is 1.55. The van der Waals surface area contributed by atoms with Crippen LogP contribution in [0.2, 0.25) is 0 Å². The highest BCUT2D eigenvalue weighted by Crippen LogP contribution is 2.29. The minimum Gasteiger partial charge on any atom is -0.496 e. The van der Waals surface area contributed by atoms with Crippen LogP contribution in [-0.4, -0.2) is 37.7 Å². The summed E-state index contributed by atoms with van der Waals surface area (Å²) < 4.78 is 11.0. The Kier molecular flexibility index (Phi) is 6.53. The molecule has 1 aliphatic heterocycles. The molecule has 4 heteroatoms. The molecule has 4 nitrogen and oxygen atoms in total. The Morgan fingerprint density at radius 3 is 2.31 bits per heavy atom. The Morgan fingerprint density at radius 2 is 1.69 bits per heavy atom. The fraction of sp³-hybridized carbons (Fsp3) is 0.455. The first-order valence-electron chi connectivity index (χ1n) is 9.42. The summed E-state index contributed by atoms with van der Waals surface area (Å²) in [5, 5.41) is 3.72. The van der Waals surface area contributed by atoms with Crippen molar-refractivity contribution in [1.29, 1.82) is 0 Å². The average molecular weight is 354 g/mol. The van der Waals surface area contributed by atoms with Crippen LogP contribution in [-0.2, 0) is 13.1 Å². The Morgan fingerprint density at radius 1 is 1.00 bits per heavy atom. The molecule has 0 unspecified atom stereocenters. The molecule has 0 spiro atoms. The van der Waals surface area contributed by atoms with E-state index in [0.29, 0.717) is 12.1 Å². The topological polar surface area (TPSA) is 33.7 Å². The summed E-state index contributed by atoms with van der Waals surface area (Å²) in [4.78, 5) is 2.58. The third-order valence-corrected chi connectivity index (χ3v) is 5.34. The van der Waals surface area contributed by atoms with Crippen molar-refractivity contribution < 1.29 is 9.47 Å². The smallest absolute Gasteiger partial charge is 0.127 e. The molecule has 0 radical (unpaired) electrons. The number of methoxy groups -OCH3 is 2. The number of hydrogen-bond donors (Lipinski definition) is 1. The van der Waals surface area contributed by atoms with Gasteiger partial charge in [0.15, 0.2) is 0 Å². The lowest BCUT2D eigenvalue weighted by Crippen LogP contribution is -2.46. The molecule has 1 saturated heterocycles. The van der Waals surface area contributed by atoms with Crippen molar-refractivity contribution in [3.8, 4) is 11.5 Å². The molecule has 0 amide bonds. The Hall–Kier alpha value is -2.04.